The van der Waals surface area contributed by atoms with Crippen molar-refractivity contribution in [1.82, 2.24) is 0 Å². The van der Waals surface area contributed by atoms with Gasteiger partial charge in [0.05, 0.1) is 6.10 Å². The predicted molar refractivity (Wildman–Crippen MR) is 37.2 cm³/mol. The Hall–Kier alpha value is -0.150. The Morgan fingerprint density at radius 2 is 2.33 bits per heavy atom. The summed E-state index contributed by atoms with van der Waals surface area (Å²) in [5.74, 6) is -0.270. The number of halogens is 1. The molecule has 3 heteroatoms. The summed E-state index contributed by atoms with van der Waals surface area (Å²) in [6, 6.07) is 0. The van der Waals surface area contributed by atoms with E-state index in [1.165, 1.54) is 6.08 Å². The summed E-state index contributed by atoms with van der Waals surface area (Å²) < 4.78 is 0.597. The summed E-state index contributed by atoms with van der Waals surface area (Å²) in [5.41, 5.74) is 0. The zero-order valence-electron chi connectivity index (χ0n) is 4.97. The smallest absolute Gasteiger partial charge is 0.162 e. The topological polar surface area (TPSA) is 37.3 Å². The monoisotopic (exact) mass is 190 g/mol. The Morgan fingerprint density at radius 1 is 1.78 bits per heavy atom. The molecule has 1 rings (SSSR count). The molecular formula is C6H7BrO2. The van der Waals surface area contributed by atoms with E-state index in [9.17, 15) is 4.79 Å². The van der Waals surface area contributed by atoms with Crippen LogP contribution in [0.25, 0.3) is 0 Å². The van der Waals surface area contributed by atoms with E-state index in [1.54, 1.807) is 6.92 Å². The third-order valence-electron chi connectivity index (χ3n) is 1.49. The molecule has 0 aromatic heterocycles. The van der Waals surface area contributed by atoms with Crippen molar-refractivity contribution in [2.24, 2.45) is 5.92 Å². The molecular weight excluding hydrogens is 184 g/mol. The largest absolute Gasteiger partial charge is 0.387 e. The normalized spacial score (nSPS) is 35.0. The molecule has 0 saturated carbocycles. The molecule has 0 amide bonds. The lowest BCUT2D eigenvalue weighted by molar-refractivity contribution is -0.118. The van der Waals surface area contributed by atoms with Crippen LogP contribution < -0.4 is 0 Å². The van der Waals surface area contributed by atoms with E-state index in [0.29, 0.717) is 4.48 Å². The summed E-state index contributed by atoms with van der Waals surface area (Å²) in [6.45, 7) is 1.71. The van der Waals surface area contributed by atoms with E-state index in [-0.39, 0.29) is 11.7 Å². The maximum Gasteiger partial charge on any atom is 0.162 e. The van der Waals surface area contributed by atoms with Crippen molar-refractivity contribution in [2.75, 3.05) is 0 Å². The van der Waals surface area contributed by atoms with E-state index in [0.717, 1.165) is 0 Å². The van der Waals surface area contributed by atoms with Crippen molar-refractivity contribution in [3.8, 4) is 0 Å². The van der Waals surface area contributed by atoms with Crippen LogP contribution in [0.5, 0.6) is 0 Å². The van der Waals surface area contributed by atoms with Crippen LogP contribution >= 0.6 is 15.9 Å². The number of carbonyl (C=O) groups is 1. The molecule has 0 saturated heterocycles. The van der Waals surface area contributed by atoms with Crippen molar-refractivity contribution < 1.29 is 9.90 Å². The molecule has 1 N–H and O–H groups in total. The number of rotatable bonds is 0. The first kappa shape index (κ1) is 6.96. The van der Waals surface area contributed by atoms with Crippen molar-refractivity contribution in [3.05, 3.63) is 10.6 Å². The molecule has 0 aromatic rings. The fourth-order valence-corrected chi connectivity index (χ4v) is 1.37. The maximum atomic E-state index is 10.7. The second kappa shape index (κ2) is 2.23. The van der Waals surface area contributed by atoms with Gasteiger partial charge in [-0.1, -0.05) is 22.9 Å². The van der Waals surface area contributed by atoms with E-state index < -0.39 is 6.10 Å². The van der Waals surface area contributed by atoms with Crippen LogP contribution in [-0.4, -0.2) is 17.0 Å². The molecule has 0 bridgehead atoms. The summed E-state index contributed by atoms with van der Waals surface area (Å²) in [4.78, 5) is 10.7. The summed E-state index contributed by atoms with van der Waals surface area (Å²) in [6.07, 6.45) is 0.812. The molecule has 1 aliphatic carbocycles. The lowest BCUT2D eigenvalue weighted by Crippen LogP contribution is -2.16. The van der Waals surface area contributed by atoms with Gasteiger partial charge in [-0.15, -0.1) is 0 Å². The number of carbonyl (C=O) groups excluding carboxylic acids is 1. The summed E-state index contributed by atoms with van der Waals surface area (Å²) in [5, 5.41) is 9.10. The minimum atomic E-state index is -0.613. The third kappa shape index (κ3) is 1.07. The van der Waals surface area contributed by atoms with Gasteiger partial charge in [0.2, 0.25) is 0 Å². The number of hydrogen-bond acceptors (Lipinski definition) is 2. The molecule has 2 atom stereocenters. The van der Waals surface area contributed by atoms with Gasteiger partial charge < -0.3 is 5.11 Å². The van der Waals surface area contributed by atoms with Gasteiger partial charge in [0.15, 0.2) is 5.78 Å². The highest BCUT2D eigenvalue weighted by Gasteiger charge is 2.29. The van der Waals surface area contributed by atoms with Crippen molar-refractivity contribution in [1.29, 1.82) is 0 Å². The van der Waals surface area contributed by atoms with Crippen LogP contribution in [0.2, 0.25) is 0 Å². The first-order valence-corrected chi connectivity index (χ1v) is 3.51. The fourth-order valence-electron chi connectivity index (χ4n) is 0.747. The van der Waals surface area contributed by atoms with Crippen molar-refractivity contribution >= 4 is 21.7 Å². The molecule has 0 unspecified atom stereocenters. The van der Waals surface area contributed by atoms with Crippen molar-refractivity contribution in [2.45, 2.75) is 13.0 Å². The zero-order valence-corrected chi connectivity index (χ0v) is 6.55. The fraction of sp³-hybridized carbons (Fsp3) is 0.500. The molecule has 0 aromatic carbocycles. The molecule has 0 spiro atoms. The van der Waals surface area contributed by atoms with Gasteiger partial charge in [-0.25, -0.2) is 0 Å². The SMILES string of the molecule is C[C@@H]1C(=O)C=C(Br)[C@H]1O. The average Bonchev–Trinajstić information content (AvgIpc) is 1.98. The highest BCUT2D eigenvalue weighted by atomic mass is 79.9. The quantitative estimate of drug-likeness (QED) is 0.616. The second-order valence-corrected chi connectivity index (χ2v) is 3.08. The van der Waals surface area contributed by atoms with Crippen LogP contribution in [0, 0.1) is 5.92 Å². The van der Waals surface area contributed by atoms with Crippen LogP contribution in [0.4, 0.5) is 0 Å². The van der Waals surface area contributed by atoms with E-state index in [4.69, 9.17) is 5.11 Å². The Kier molecular flexibility index (Phi) is 1.73. The second-order valence-electron chi connectivity index (χ2n) is 2.17. The van der Waals surface area contributed by atoms with Crippen LogP contribution in [-0.2, 0) is 4.79 Å². The summed E-state index contributed by atoms with van der Waals surface area (Å²) >= 11 is 3.07. The average molecular weight is 191 g/mol. The molecule has 50 valence electrons. The van der Waals surface area contributed by atoms with Crippen LogP contribution in [0.15, 0.2) is 10.6 Å². The van der Waals surface area contributed by atoms with Crippen LogP contribution in [0.3, 0.4) is 0 Å². The van der Waals surface area contributed by atoms with Gasteiger partial charge >= 0.3 is 0 Å². The minimum absolute atomic E-state index is 0.00521. The number of aliphatic hydroxyl groups excluding tert-OH is 1. The molecule has 9 heavy (non-hydrogen) atoms. The summed E-state index contributed by atoms with van der Waals surface area (Å²) in [7, 11) is 0. The van der Waals surface area contributed by atoms with Gasteiger partial charge in [0.1, 0.15) is 0 Å². The van der Waals surface area contributed by atoms with Gasteiger partial charge in [0.25, 0.3) is 0 Å². The maximum absolute atomic E-state index is 10.7. The Bertz CT molecular complexity index is 174. The highest BCUT2D eigenvalue weighted by molar-refractivity contribution is 9.11. The van der Waals surface area contributed by atoms with Gasteiger partial charge in [-0.2, -0.15) is 0 Å². The molecule has 2 nitrogen and oxygen atoms in total. The molecule has 0 heterocycles. The Morgan fingerprint density at radius 3 is 2.44 bits per heavy atom. The molecule has 0 aliphatic heterocycles. The van der Waals surface area contributed by atoms with E-state index in [2.05, 4.69) is 15.9 Å². The van der Waals surface area contributed by atoms with E-state index >= 15 is 0 Å². The number of ketones is 1. The molecule has 0 fully saturated rings. The van der Waals surface area contributed by atoms with Crippen LogP contribution in [0.1, 0.15) is 6.92 Å². The van der Waals surface area contributed by atoms with Crippen molar-refractivity contribution in [3.63, 3.8) is 0 Å². The predicted octanol–water partition coefficient (Wildman–Crippen LogP) is 0.845. The minimum Gasteiger partial charge on any atom is -0.387 e. The number of hydrogen-bond donors (Lipinski definition) is 1. The molecule has 1 aliphatic rings. The first-order valence-electron chi connectivity index (χ1n) is 2.72. The van der Waals surface area contributed by atoms with Gasteiger partial charge in [0, 0.05) is 10.4 Å². The standard InChI is InChI=1S/C6H7BrO2/c1-3-5(8)2-4(7)6(3)9/h2-3,6,9H,1H3/t3-,6+/m1/s1. The first-order chi connectivity index (χ1) is 4.13. The number of aliphatic hydroxyl groups is 1. The highest BCUT2D eigenvalue weighted by Crippen LogP contribution is 2.25. The molecule has 0 radical (unpaired) electrons. The lowest BCUT2D eigenvalue weighted by Gasteiger charge is -2.05. The zero-order chi connectivity index (χ0) is 7.02. The lowest BCUT2D eigenvalue weighted by atomic mass is 10.1. The Labute approximate surface area is 61.7 Å². The number of allylic oxidation sites excluding steroid dienone is 1. The third-order valence-corrected chi connectivity index (χ3v) is 2.18. The van der Waals surface area contributed by atoms with E-state index in [1.807, 2.05) is 0 Å². The van der Waals surface area contributed by atoms with Gasteiger partial charge in [-0.3, -0.25) is 4.79 Å². The Balaban J connectivity index is 2.82. The van der Waals surface area contributed by atoms with Gasteiger partial charge in [-0.05, 0) is 6.08 Å².